The smallest absolute Gasteiger partial charge is 0.187 e. The summed E-state index contributed by atoms with van der Waals surface area (Å²) in [6.45, 7) is 16.5. The average Bonchev–Trinajstić information content (AvgIpc) is 3.71. The lowest BCUT2D eigenvalue weighted by molar-refractivity contribution is 1.17. The molecule has 9 aromatic carbocycles. The summed E-state index contributed by atoms with van der Waals surface area (Å²) in [5.41, 5.74) is 22.0. The van der Waals surface area contributed by atoms with Gasteiger partial charge in [-0.05, 0) is 127 Å². The predicted octanol–water partition coefficient (Wildman–Crippen LogP) is 16.9. The molecule has 0 aliphatic heterocycles. The van der Waals surface area contributed by atoms with E-state index in [-0.39, 0.29) is 0 Å². The summed E-state index contributed by atoms with van der Waals surface area (Å²) >= 11 is 0. The SMILES string of the molecule is [C-]#[N+]c1ccc(-c2cc(-c3cc(-c4ccccc4)nc(-c4ccccc4)n3)cc(-c3ccc(C#N)cc3)c2-n2c3ccc(-c4ccc(C)cc4C)cc3c3cc(-c4ccc(C)cc4C)ccc32)cc1. The van der Waals surface area contributed by atoms with Gasteiger partial charge in [0.25, 0.3) is 0 Å². The van der Waals surface area contributed by atoms with Crippen molar-refractivity contribution in [3.63, 3.8) is 0 Å². The van der Waals surface area contributed by atoms with Crippen molar-refractivity contribution < 1.29 is 0 Å². The fourth-order valence-electron chi connectivity index (χ4n) is 9.85. The van der Waals surface area contributed by atoms with Crippen molar-refractivity contribution in [2.75, 3.05) is 0 Å². The first-order chi connectivity index (χ1) is 33.7. The van der Waals surface area contributed by atoms with Gasteiger partial charge in [-0.2, -0.15) is 5.26 Å². The van der Waals surface area contributed by atoms with Crippen molar-refractivity contribution in [3.05, 3.63) is 239 Å². The summed E-state index contributed by atoms with van der Waals surface area (Å²) in [5, 5.41) is 12.3. The molecule has 5 heteroatoms. The summed E-state index contributed by atoms with van der Waals surface area (Å²) in [7, 11) is 0. The maximum absolute atomic E-state index is 9.99. The molecule has 0 N–H and O–H groups in total. The molecular formula is C64H45N5. The van der Waals surface area contributed by atoms with E-state index in [4.69, 9.17) is 16.5 Å². The number of hydrogen-bond donors (Lipinski definition) is 0. The maximum atomic E-state index is 9.99. The zero-order valence-electron chi connectivity index (χ0n) is 38.8. The second-order valence-corrected chi connectivity index (χ2v) is 17.9. The number of aryl methyl sites for hydroxylation is 4. The number of rotatable bonds is 8. The number of fused-ring (bicyclic) bond motifs is 3. The molecule has 0 radical (unpaired) electrons. The lowest BCUT2D eigenvalue weighted by Gasteiger charge is -2.21. The van der Waals surface area contributed by atoms with Crippen molar-refractivity contribution in [1.82, 2.24) is 14.5 Å². The van der Waals surface area contributed by atoms with Crippen LogP contribution in [0.25, 0.3) is 111 Å². The van der Waals surface area contributed by atoms with Crippen LogP contribution in [0, 0.1) is 45.6 Å². The number of nitriles is 1. The third-order valence-corrected chi connectivity index (χ3v) is 13.2. The highest BCUT2D eigenvalue weighted by atomic mass is 15.0. The highest BCUT2D eigenvalue weighted by Crippen LogP contribution is 2.46. The summed E-state index contributed by atoms with van der Waals surface area (Å²) in [6.07, 6.45) is 0. The molecule has 0 spiro atoms. The van der Waals surface area contributed by atoms with Crippen molar-refractivity contribution in [3.8, 4) is 90.2 Å². The fourth-order valence-corrected chi connectivity index (χ4v) is 9.85. The molecule has 11 rings (SSSR count). The second kappa shape index (κ2) is 17.6. The molecule has 2 aromatic heterocycles. The Kier molecular flexibility index (Phi) is 10.8. The van der Waals surface area contributed by atoms with Crippen LogP contribution in [-0.4, -0.2) is 14.5 Å². The van der Waals surface area contributed by atoms with Gasteiger partial charge in [0.1, 0.15) is 0 Å². The van der Waals surface area contributed by atoms with Crippen LogP contribution in [0.5, 0.6) is 0 Å². The average molecular weight is 884 g/mol. The highest BCUT2D eigenvalue weighted by molar-refractivity contribution is 6.13. The van der Waals surface area contributed by atoms with Gasteiger partial charge in [0, 0.05) is 38.6 Å². The molecule has 0 aliphatic carbocycles. The second-order valence-electron chi connectivity index (χ2n) is 17.9. The maximum Gasteiger partial charge on any atom is 0.187 e. The van der Waals surface area contributed by atoms with Crippen LogP contribution in [0.3, 0.4) is 0 Å². The van der Waals surface area contributed by atoms with Crippen molar-refractivity contribution in [1.29, 1.82) is 5.26 Å². The minimum Gasteiger partial charge on any atom is -0.308 e. The molecule has 0 saturated heterocycles. The van der Waals surface area contributed by atoms with Gasteiger partial charge < -0.3 is 4.57 Å². The van der Waals surface area contributed by atoms with Crippen molar-refractivity contribution in [2.45, 2.75) is 27.7 Å². The lowest BCUT2D eigenvalue weighted by Crippen LogP contribution is -2.03. The summed E-state index contributed by atoms with van der Waals surface area (Å²) in [5.74, 6) is 0.626. The molecule has 0 aliphatic rings. The van der Waals surface area contributed by atoms with E-state index in [1.807, 2.05) is 97.1 Å². The quantitative estimate of drug-likeness (QED) is 0.143. The highest BCUT2D eigenvalue weighted by Gasteiger charge is 2.24. The van der Waals surface area contributed by atoms with E-state index in [2.05, 4.69) is 146 Å². The molecule has 2 heterocycles. The molecule has 11 aromatic rings. The molecule has 0 unspecified atom stereocenters. The topological polar surface area (TPSA) is 58.9 Å². The molecule has 0 atom stereocenters. The Balaban J connectivity index is 1.26. The third-order valence-electron chi connectivity index (χ3n) is 13.2. The van der Waals surface area contributed by atoms with Crippen LogP contribution >= 0.6 is 0 Å². The largest absolute Gasteiger partial charge is 0.308 e. The summed E-state index contributed by atoms with van der Waals surface area (Å²) < 4.78 is 2.42. The zero-order valence-corrected chi connectivity index (χ0v) is 38.8. The monoisotopic (exact) mass is 883 g/mol. The molecule has 69 heavy (non-hydrogen) atoms. The van der Waals surface area contributed by atoms with Gasteiger partial charge in [-0.15, -0.1) is 0 Å². The number of aromatic nitrogens is 3. The molecule has 326 valence electrons. The number of hydrogen-bond acceptors (Lipinski definition) is 3. The van der Waals surface area contributed by atoms with Gasteiger partial charge in [0.2, 0.25) is 0 Å². The standard InChI is InChI=1S/C64H45N5/c1-40-16-28-53(42(3)32-40)49-24-30-61-57(34-49)58-35-50(54-29-17-41(2)33-43(54)4)25-31-62(58)69(61)63-55(45-20-18-44(39-65)19-21-45)36-51(37-56(63)46-22-26-52(66-5)27-23-46)60-38-59(47-12-8-6-9-13-47)67-64(68-60)48-14-10-7-11-15-48/h6-38H,1-4H3. The fraction of sp³-hybridized carbons (Fsp3) is 0.0625. The summed E-state index contributed by atoms with van der Waals surface area (Å²) in [6, 6.07) is 72.1. The van der Waals surface area contributed by atoms with E-state index in [0.717, 1.165) is 89.0 Å². The molecule has 5 nitrogen and oxygen atoms in total. The van der Waals surface area contributed by atoms with Crippen molar-refractivity contribution in [2.24, 2.45) is 0 Å². The van der Waals surface area contributed by atoms with Gasteiger partial charge in [0.05, 0.1) is 46.3 Å². The number of nitrogens with zero attached hydrogens (tertiary/aromatic N) is 5. The Morgan fingerprint density at radius 1 is 0.435 bits per heavy atom. The molecule has 0 fully saturated rings. The van der Waals surface area contributed by atoms with Crippen LogP contribution in [0.15, 0.2) is 200 Å². The van der Waals surface area contributed by atoms with Gasteiger partial charge in [0.15, 0.2) is 11.5 Å². The van der Waals surface area contributed by atoms with E-state index in [9.17, 15) is 5.26 Å². The Bertz CT molecular complexity index is 3620. The van der Waals surface area contributed by atoms with E-state index in [1.54, 1.807) is 0 Å². The minimum absolute atomic E-state index is 0.564. The minimum atomic E-state index is 0.564. The zero-order chi connectivity index (χ0) is 47.2. The predicted molar refractivity (Wildman–Crippen MR) is 284 cm³/mol. The van der Waals surface area contributed by atoms with E-state index in [0.29, 0.717) is 17.1 Å². The van der Waals surface area contributed by atoms with Crippen LogP contribution in [0.1, 0.15) is 27.8 Å². The van der Waals surface area contributed by atoms with Crippen LogP contribution in [-0.2, 0) is 0 Å². The molecule has 0 amide bonds. The van der Waals surface area contributed by atoms with Gasteiger partial charge in [-0.1, -0.05) is 157 Å². The Labute approximate surface area is 402 Å². The van der Waals surface area contributed by atoms with Crippen LogP contribution in [0.4, 0.5) is 5.69 Å². The van der Waals surface area contributed by atoms with Gasteiger partial charge in [-0.3, -0.25) is 0 Å². The number of benzene rings is 9. The summed E-state index contributed by atoms with van der Waals surface area (Å²) in [4.78, 5) is 14.2. The normalized spacial score (nSPS) is 11.2. The first-order valence-electron chi connectivity index (χ1n) is 23.1. The Morgan fingerprint density at radius 3 is 1.41 bits per heavy atom. The molecule has 0 saturated carbocycles. The molecular weight excluding hydrogens is 839 g/mol. The first kappa shape index (κ1) is 42.5. The Hall–Kier alpha value is -9.16. The van der Waals surface area contributed by atoms with Crippen LogP contribution < -0.4 is 0 Å². The van der Waals surface area contributed by atoms with Crippen molar-refractivity contribution >= 4 is 27.5 Å². The molecule has 0 bridgehead atoms. The van der Waals surface area contributed by atoms with E-state index in [1.165, 1.54) is 33.4 Å². The van der Waals surface area contributed by atoms with E-state index >= 15 is 0 Å². The first-order valence-corrected chi connectivity index (χ1v) is 23.1. The Morgan fingerprint density at radius 2 is 0.913 bits per heavy atom. The van der Waals surface area contributed by atoms with Gasteiger partial charge >= 0.3 is 0 Å². The lowest BCUT2D eigenvalue weighted by atomic mass is 9.91. The third kappa shape index (κ3) is 7.93. The van der Waals surface area contributed by atoms with Gasteiger partial charge in [-0.25, -0.2) is 14.8 Å². The van der Waals surface area contributed by atoms with E-state index < -0.39 is 0 Å². The van der Waals surface area contributed by atoms with Crippen LogP contribution in [0.2, 0.25) is 0 Å².